The number of ether oxygens (including phenoxy) is 4. The number of likely N-dealkylation sites (N-methyl/N-ethyl adjacent to an activating group) is 1. The molecule has 4 aromatic carbocycles. The van der Waals surface area contributed by atoms with Gasteiger partial charge in [-0.15, -0.1) is 0 Å². The molecule has 0 aliphatic rings. The summed E-state index contributed by atoms with van der Waals surface area (Å²) in [7, 11) is 2.77. The maximum atomic E-state index is 13.9. The van der Waals surface area contributed by atoms with Crippen molar-refractivity contribution in [2.24, 2.45) is 5.92 Å². The van der Waals surface area contributed by atoms with Gasteiger partial charge in [-0.05, 0) is 61.4 Å². The molecule has 0 bridgehead atoms. The van der Waals surface area contributed by atoms with Gasteiger partial charge in [-0.1, -0.05) is 105 Å². The second-order valence-corrected chi connectivity index (χ2v) is 16.3. The van der Waals surface area contributed by atoms with Gasteiger partial charge in [0.15, 0.2) is 0 Å². The number of carbonyl (C=O) groups excluding carboxylic acids is 5. The van der Waals surface area contributed by atoms with Crippen LogP contribution < -0.4 is 26.0 Å². The van der Waals surface area contributed by atoms with E-state index in [0.717, 1.165) is 38.7 Å². The molecular formula is C48H57N5O9. The number of hydrogen-bond donors (Lipinski definition) is 5. The Morgan fingerprint density at radius 2 is 1.32 bits per heavy atom. The first-order valence-electron chi connectivity index (χ1n) is 20.6. The molecule has 0 fully saturated rings. The van der Waals surface area contributed by atoms with Crippen molar-refractivity contribution < 1.29 is 42.9 Å². The number of fused-ring (bicyclic) bond motifs is 1. The molecule has 0 radical (unpaired) electrons. The zero-order valence-electron chi connectivity index (χ0n) is 36.3. The molecule has 1 heterocycles. The third-order valence-corrected chi connectivity index (χ3v) is 9.82. The summed E-state index contributed by atoms with van der Waals surface area (Å²) >= 11 is 0. The van der Waals surface area contributed by atoms with Crippen LogP contribution in [0.4, 0.5) is 9.59 Å². The van der Waals surface area contributed by atoms with Crippen molar-refractivity contribution >= 4 is 40.9 Å². The van der Waals surface area contributed by atoms with Crippen LogP contribution in [0, 0.1) is 5.92 Å². The molecular weight excluding hydrogens is 791 g/mol. The van der Waals surface area contributed by atoms with Crippen LogP contribution in [-0.2, 0) is 54.6 Å². The highest BCUT2D eigenvalue weighted by atomic mass is 16.6. The molecule has 0 saturated heterocycles. The summed E-state index contributed by atoms with van der Waals surface area (Å²) < 4.78 is 22.4. The molecule has 0 saturated carbocycles. The Morgan fingerprint density at radius 3 is 1.95 bits per heavy atom. The number of esters is 1. The summed E-state index contributed by atoms with van der Waals surface area (Å²) in [6.07, 6.45) is 0.832. The number of alkyl carbamates (subject to hydrolysis) is 2. The quantitative estimate of drug-likeness (QED) is 0.0452. The average molecular weight is 848 g/mol. The normalized spacial score (nSPS) is 12.7. The third kappa shape index (κ3) is 13.3. The topological polar surface area (TPSA) is 186 Å². The minimum Gasteiger partial charge on any atom is -0.488 e. The van der Waals surface area contributed by atoms with E-state index in [2.05, 4.69) is 26.3 Å². The number of para-hydroxylation sites is 1. The molecule has 5 aromatic rings. The van der Waals surface area contributed by atoms with E-state index in [-0.39, 0.29) is 37.9 Å². The summed E-state index contributed by atoms with van der Waals surface area (Å²) in [6.45, 7) is 9.32. The first kappa shape index (κ1) is 46.2. The Labute approximate surface area is 362 Å². The van der Waals surface area contributed by atoms with Crippen LogP contribution in [0.2, 0.25) is 0 Å². The highest BCUT2D eigenvalue weighted by Gasteiger charge is 2.30. The number of carbonyl (C=O) groups is 5. The number of amides is 4. The fourth-order valence-corrected chi connectivity index (χ4v) is 6.88. The first-order chi connectivity index (χ1) is 29.6. The van der Waals surface area contributed by atoms with E-state index in [1.54, 1.807) is 20.8 Å². The van der Waals surface area contributed by atoms with Crippen molar-refractivity contribution in [1.82, 2.24) is 26.3 Å². The van der Waals surface area contributed by atoms with Gasteiger partial charge in [-0.3, -0.25) is 9.59 Å². The van der Waals surface area contributed by atoms with Gasteiger partial charge in [-0.2, -0.15) is 0 Å². The van der Waals surface area contributed by atoms with Crippen LogP contribution in [-0.4, -0.2) is 72.8 Å². The number of methoxy groups -OCH3 is 1. The lowest BCUT2D eigenvalue weighted by Crippen LogP contribution is -2.53. The molecule has 1 aromatic heterocycles. The van der Waals surface area contributed by atoms with Crippen molar-refractivity contribution in [3.63, 3.8) is 0 Å². The summed E-state index contributed by atoms with van der Waals surface area (Å²) in [5.74, 6) is -0.984. The Hall–Kier alpha value is -6.83. The van der Waals surface area contributed by atoms with Gasteiger partial charge in [0.05, 0.1) is 12.6 Å². The second-order valence-electron chi connectivity index (χ2n) is 16.3. The Bertz CT molecular complexity index is 2300. The fraction of sp³-hybridized carbons (Fsp3) is 0.354. The Kier molecular flexibility index (Phi) is 16.1. The van der Waals surface area contributed by atoms with Gasteiger partial charge in [0.2, 0.25) is 11.8 Å². The van der Waals surface area contributed by atoms with Crippen LogP contribution >= 0.6 is 0 Å². The molecule has 328 valence electrons. The molecule has 62 heavy (non-hydrogen) atoms. The van der Waals surface area contributed by atoms with Crippen molar-refractivity contribution in [3.05, 3.63) is 126 Å². The van der Waals surface area contributed by atoms with Gasteiger partial charge >= 0.3 is 18.2 Å². The Balaban J connectivity index is 1.47. The highest BCUT2D eigenvalue weighted by molar-refractivity contribution is 5.98. The molecule has 0 aliphatic heterocycles. The zero-order valence-corrected chi connectivity index (χ0v) is 36.3. The molecule has 0 unspecified atom stereocenters. The van der Waals surface area contributed by atoms with Crippen LogP contribution in [0.15, 0.2) is 103 Å². The van der Waals surface area contributed by atoms with E-state index in [0.29, 0.717) is 17.7 Å². The van der Waals surface area contributed by atoms with E-state index < -0.39 is 47.8 Å². The van der Waals surface area contributed by atoms with Gasteiger partial charge in [0, 0.05) is 42.6 Å². The lowest BCUT2D eigenvalue weighted by molar-refractivity contribution is -0.145. The number of hydrogen-bond acceptors (Lipinski definition) is 9. The smallest absolute Gasteiger partial charge is 0.408 e. The van der Waals surface area contributed by atoms with Crippen LogP contribution in [0.1, 0.15) is 63.3 Å². The maximum absolute atomic E-state index is 13.9. The van der Waals surface area contributed by atoms with Crippen LogP contribution in [0.5, 0.6) is 5.75 Å². The summed E-state index contributed by atoms with van der Waals surface area (Å²) in [5.41, 5.74) is 4.66. The zero-order chi connectivity index (χ0) is 44.8. The lowest BCUT2D eigenvalue weighted by Gasteiger charge is -2.25. The molecule has 14 heteroatoms. The first-order valence-corrected chi connectivity index (χ1v) is 20.6. The molecule has 0 aliphatic carbocycles. The Morgan fingerprint density at radius 1 is 0.677 bits per heavy atom. The SMILES string of the molecule is CNC(=O)[C@@H](Cc1c[nH]c2c(-c3ccc(C[C@H](NC(=O)OC(C)(C)C)C(=O)N[C@H](CC(C)C)C(=O)OC)cc3OCc3ccccc3)cccc12)NC(=O)OCc1ccccc1. The van der Waals surface area contributed by atoms with Crippen molar-refractivity contribution in [2.75, 3.05) is 14.2 Å². The number of rotatable bonds is 18. The van der Waals surface area contributed by atoms with Gasteiger partial charge in [0.25, 0.3) is 0 Å². The highest BCUT2D eigenvalue weighted by Crippen LogP contribution is 2.37. The second kappa shape index (κ2) is 21.6. The fourth-order valence-electron chi connectivity index (χ4n) is 6.88. The minimum absolute atomic E-state index is 0.0289. The molecule has 14 nitrogen and oxygen atoms in total. The predicted molar refractivity (Wildman–Crippen MR) is 236 cm³/mol. The van der Waals surface area contributed by atoms with Crippen LogP contribution in [0.25, 0.3) is 22.0 Å². The van der Waals surface area contributed by atoms with Gasteiger partial charge in [-0.25, -0.2) is 14.4 Å². The number of aromatic nitrogens is 1. The molecule has 3 atom stereocenters. The summed E-state index contributed by atoms with van der Waals surface area (Å²) in [6, 6.07) is 27.3. The number of nitrogens with one attached hydrogen (secondary N) is 5. The lowest BCUT2D eigenvalue weighted by atomic mass is 9.96. The number of H-pyrrole nitrogens is 1. The van der Waals surface area contributed by atoms with E-state index in [9.17, 15) is 24.0 Å². The summed E-state index contributed by atoms with van der Waals surface area (Å²) in [4.78, 5) is 68.9. The largest absolute Gasteiger partial charge is 0.488 e. The van der Waals surface area contributed by atoms with E-state index >= 15 is 0 Å². The molecule has 5 rings (SSSR count). The van der Waals surface area contributed by atoms with Crippen LogP contribution in [0.3, 0.4) is 0 Å². The maximum Gasteiger partial charge on any atom is 0.408 e. The summed E-state index contributed by atoms with van der Waals surface area (Å²) in [5, 5.41) is 11.7. The third-order valence-electron chi connectivity index (χ3n) is 9.82. The van der Waals surface area contributed by atoms with Crippen molar-refractivity contribution in [2.45, 2.75) is 90.8 Å². The van der Waals surface area contributed by atoms with Gasteiger partial charge in [0.1, 0.15) is 42.7 Å². The molecule has 0 spiro atoms. The van der Waals surface area contributed by atoms with E-state index in [1.165, 1.54) is 14.2 Å². The molecule has 5 N–H and O–H groups in total. The number of benzene rings is 4. The van der Waals surface area contributed by atoms with Crippen molar-refractivity contribution in [3.8, 4) is 16.9 Å². The predicted octanol–water partition coefficient (Wildman–Crippen LogP) is 7.14. The average Bonchev–Trinajstić information content (AvgIpc) is 3.66. The standard InChI is InChI=1S/C48H57N5O9/c1-30(2)23-40(45(56)59-7)51-44(55)38(53-47(58)62-48(3,4)5)24-33-21-22-36(41(25-33)60-28-31-15-10-8-11-16-31)37-20-14-19-35-34(27-50-42(35)37)26-39(43(54)49-6)52-46(57)61-29-32-17-12-9-13-18-32/h8-22,25,27,30,38-40,50H,23-24,26,28-29H2,1-7H3,(H,49,54)(H,51,55)(H,52,57)(H,53,58)/t38-,39+,40+/m0/s1. The van der Waals surface area contributed by atoms with E-state index in [4.69, 9.17) is 18.9 Å². The minimum atomic E-state index is -1.14. The van der Waals surface area contributed by atoms with Gasteiger partial charge < -0.3 is 45.2 Å². The molecule has 4 amide bonds. The number of aromatic amines is 1. The van der Waals surface area contributed by atoms with E-state index in [1.807, 2.05) is 117 Å². The monoisotopic (exact) mass is 847 g/mol. The van der Waals surface area contributed by atoms with Crippen molar-refractivity contribution in [1.29, 1.82) is 0 Å².